The molecular formula is C15H17NO3. The lowest BCUT2D eigenvalue weighted by Gasteiger charge is -2.24. The van der Waals surface area contributed by atoms with Crippen LogP contribution in [0.15, 0.2) is 42.0 Å². The van der Waals surface area contributed by atoms with Crippen molar-refractivity contribution >= 4 is 11.9 Å². The van der Waals surface area contributed by atoms with Gasteiger partial charge in [-0.15, -0.1) is 0 Å². The van der Waals surface area contributed by atoms with E-state index in [1.807, 2.05) is 30.3 Å². The van der Waals surface area contributed by atoms with Crippen molar-refractivity contribution in [1.29, 1.82) is 0 Å². The van der Waals surface area contributed by atoms with Gasteiger partial charge in [-0.25, -0.2) is 0 Å². The maximum absolute atomic E-state index is 12.0. The molecule has 0 bridgehead atoms. The van der Waals surface area contributed by atoms with Crippen molar-refractivity contribution in [2.75, 3.05) is 6.54 Å². The van der Waals surface area contributed by atoms with Gasteiger partial charge < -0.3 is 4.74 Å². The number of hydrogen-bond donors (Lipinski definition) is 0. The van der Waals surface area contributed by atoms with E-state index in [2.05, 4.69) is 0 Å². The molecule has 1 aliphatic heterocycles. The van der Waals surface area contributed by atoms with Gasteiger partial charge in [0.2, 0.25) is 0 Å². The molecule has 0 spiro atoms. The summed E-state index contributed by atoms with van der Waals surface area (Å²) in [6.07, 6.45) is 1.87. The second kappa shape index (κ2) is 5.69. The molecule has 100 valence electrons. The first-order valence-electron chi connectivity index (χ1n) is 6.28. The number of benzene rings is 1. The fourth-order valence-corrected chi connectivity index (χ4v) is 2.11. The van der Waals surface area contributed by atoms with Crippen LogP contribution in [0.4, 0.5) is 0 Å². The molecule has 4 heteroatoms. The first-order chi connectivity index (χ1) is 9.08. The predicted molar refractivity (Wildman–Crippen MR) is 71.2 cm³/mol. The van der Waals surface area contributed by atoms with Crippen LogP contribution in [-0.2, 0) is 20.7 Å². The molecule has 1 aromatic rings. The highest BCUT2D eigenvalue weighted by molar-refractivity contribution is 5.95. The van der Waals surface area contributed by atoms with Crippen molar-refractivity contribution in [3.63, 3.8) is 0 Å². The number of carbonyl (C=O) groups is 2. The average molecular weight is 259 g/mol. The minimum atomic E-state index is -0.561. The number of rotatable bonds is 4. The molecule has 1 aromatic carbocycles. The van der Waals surface area contributed by atoms with Crippen LogP contribution in [0.5, 0.6) is 0 Å². The zero-order chi connectivity index (χ0) is 13.8. The van der Waals surface area contributed by atoms with Crippen LogP contribution in [0.3, 0.4) is 0 Å². The maximum Gasteiger partial charge on any atom is 0.304 e. The highest BCUT2D eigenvalue weighted by Gasteiger charge is 2.31. The van der Waals surface area contributed by atoms with Crippen LogP contribution in [0, 0.1) is 0 Å². The minimum Gasteiger partial charge on any atom is -0.438 e. The summed E-state index contributed by atoms with van der Waals surface area (Å²) >= 11 is 0. The Hall–Kier alpha value is -2.10. The first kappa shape index (κ1) is 13.3. The summed E-state index contributed by atoms with van der Waals surface area (Å²) in [6, 6.07) is 9.92. The quantitative estimate of drug-likeness (QED) is 0.776. The van der Waals surface area contributed by atoms with Gasteiger partial charge >= 0.3 is 5.97 Å². The van der Waals surface area contributed by atoms with Gasteiger partial charge in [0.15, 0.2) is 6.23 Å². The molecule has 0 saturated heterocycles. The zero-order valence-electron chi connectivity index (χ0n) is 11.1. The molecule has 19 heavy (non-hydrogen) atoms. The molecule has 0 N–H and O–H groups in total. The summed E-state index contributed by atoms with van der Waals surface area (Å²) in [5.41, 5.74) is 1.78. The van der Waals surface area contributed by atoms with Crippen molar-refractivity contribution in [2.45, 2.75) is 26.5 Å². The van der Waals surface area contributed by atoms with Crippen molar-refractivity contribution in [3.8, 4) is 0 Å². The van der Waals surface area contributed by atoms with Gasteiger partial charge in [0.05, 0.1) is 0 Å². The van der Waals surface area contributed by atoms with Crippen LogP contribution >= 0.6 is 0 Å². The average Bonchev–Trinajstić information content (AvgIpc) is 2.63. The lowest BCUT2D eigenvalue weighted by atomic mass is 10.1. The monoisotopic (exact) mass is 259 g/mol. The Kier molecular flexibility index (Phi) is 4.00. The van der Waals surface area contributed by atoms with Crippen LogP contribution in [-0.4, -0.2) is 29.5 Å². The summed E-state index contributed by atoms with van der Waals surface area (Å²) in [5, 5.41) is 0. The third kappa shape index (κ3) is 3.22. The Morgan fingerprint density at radius 2 is 2.00 bits per heavy atom. The van der Waals surface area contributed by atoms with E-state index < -0.39 is 6.23 Å². The zero-order valence-corrected chi connectivity index (χ0v) is 11.1. The molecule has 1 amide bonds. The molecule has 0 saturated carbocycles. The third-order valence-electron chi connectivity index (χ3n) is 3.07. The number of esters is 1. The predicted octanol–water partition coefficient (Wildman–Crippen LogP) is 1.91. The maximum atomic E-state index is 12.0. The SMILES string of the molecule is CC(=O)OC1C=C(C)C(=O)N1CCc1ccccc1. The second-order valence-corrected chi connectivity index (χ2v) is 4.58. The summed E-state index contributed by atoms with van der Waals surface area (Å²) in [7, 11) is 0. The van der Waals surface area contributed by atoms with E-state index in [0.29, 0.717) is 12.1 Å². The standard InChI is InChI=1S/C15H17NO3/c1-11-10-14(19-12(2)17)16(15(11)18)9-8-13-6-4-3-5-7-13/h3-7,10,14H,8-9H2,1-2H3. The van der Waals surface area contributed by atoms with Gasteiger partial charge in [0, 0.05) is 19.0 Å². The van der Waals surface area contributed by atoms with Gasteiger partial charge in [-0.05, 0) is 25.0 Å². The molecule has 0 radical (unpaired) electrons. The molecule has 2 rings (SSSR count). The van der Waals surface area contributed by atoms with E-state index in [-0.39, 0.29) is 11.9 Å². The van der Waals surface area contributed by atoms with E-state index >= 15 is 0 Å². The Morgan fingerprint density at radius 3 is 2.63 bits per heavy atom. The molecule has 0 aromatic heterocycles. The number of hydrogen-bond acceptors (Lipinski definition) is 3. The van der Waals surface area contributed by atoms with E-state index in [9.17, 15) is 9.59 Å². The fourth-order valence-electron chi connectivity index (χ4n) is 2.11. The van der Waals surface area contributed by atoms with Crippen LogP contribution in [0.25, 0.3) is 0 Å². The fraction of sp³-hybridized carbons (Fsp3) is 0.333. The summed E-state index contributed by atoms with van der Waals surface area (Å²) in [6.45, 7) is 3.62. The van der Waals surface area contributed by atoms with Gasteiger partial charge in [-0.2, -0.15) is 0 Å². The van der Waals surface area contributed by atoms with Crippen molar-refractivity contribution in [2.24, 2.45) is 0 Å². The van der Waals surface area contributed by atoms with Crippen molar-refractivity contribution in [1.82, 2.24) is 4.90 Å². The van der Waals surface area contributed by atoms with E-state index in [1.165, 1.54) is 6.92 Å². The number of amides is 1. The summed E-state index contributed by atoms with van der Waals surface area (Å²) in [4.78, 5) is 24.6. The van der Waals surface area contributed by atoms with E-state index in [4.69, 9.17) is 4.74 Å². The normalized spacial score (nSPS) is 18.4. The summed E-state index contributed by atoms with van der Waals surface area (Å²) in [5.74, 6) is -0.448. The molecule has 0 aliphatic carbocycles. The van der Waals surface area contributed by atoms with Crippen molar-refractivity contribution in [3.05, 3.63) is 47.5 Å². The molecule has 4 nitrogen and oxygen atoms in total. The van der Waals surface area contributed by atoms with Crippen LogP contribution in [0.1, 0.15) is 19.4 Å². The third-order valence-corrected chi connectivity index (χ3v) is 3.07. The van der Waals surface area contributed by atoms with E-state index in [1.54, 1.807) is 17.9 Å². The Labute approximate surface area is 112 Å². The number of nitrogens with zero attached hydrogens (tertiary/aromatic N) is 1. The minimum absolute atomic E-state index is 0.0674. The van der Waals surface area contributed by atoms with Crippen LogP contribution < -0.4 is 0 Å². The smallest absolute Gasteiger partial charge is 0.304 e. The first-order valence-corrected chi connectivity index (χ1v) is 6.28. The topological polar surface area (TPSA) is 46.6 Å². The molecule has 1 unspecified atom stereocenters. The summed E-state index contributed by atoms with van der Waals surface area (Å²) < 4.78 is 5.14. The van der Waals surface area contributed by atoms with Crippen molar-refractivity contribution < 1.29 is 14.3 Å². The van der Waals surface area contributed by atoms with Gasteiger partial charge in [0.1, 0.15) is 0 Å². The van der Waals surface area contributed by atoms with E-state index in [0.717, 1.165) is 12.0 Å². The molecule has 1 atom stereocenters. The highest BCUT2D eigenvalue weighted by Crippen LogP contribution is 2.19. The molecule has 0 fully saturated rings. The largest absolute Gasteiger partial charge is 0.438 e. The van der Waals surface area contributed by atoms with Gasteiger partial charge in [-0.1, -0.05) is 30.3 Å². The van der Waals surface area contributed by atoms with Gasteiger partial charge in [-0.3, -0.25) is 14.5 Å². The molecule has 1 heterocycles. The molecular weight excluding hydrogens is 242 g/mol. The Balaban J connectivity index is 2.01. The highest BCUT2D eigenvalue weighted by atomic mass is 16.6. The van der Waals surface area contributed by atoms with Gasteiger partial charge in [0.25, 0.3) is 5.91 Å². The number of ether oxygens (including phenoxy) is 1. The Bertz CT molecular complexity index is 507. The molecule has 1 aliphatic rings. The Morgan fingerprint density at radius 1 is 1.32 bits per heavy atom. The second-order valence-electron chi connectivity index (χ2n) is 4.58. The van der Waals surface area contributed by atoms with Crippen LogP contribution in [0.2, 0.25) is 0 Å². The lowest BCUT2D eigenvalue weighted by Crippen LogP contribution is -2.38. The lowest BCUT2D eigenvalue weighted by molar-refractivity contribution is -0.154. The number of carbonyl (C=O) groups excluding carboxylic acids is 2.